The number of hydrogen-bond acceptors (Lipinski definition) is 5. The minimum Gasteiger partial charge on any atom is -0.494 e. The van der Waals surface area contributed by atoms with Gasteiger partial charge in [0.05, 0.1) is 33.2 Å². The van der Waals surface area contributed by atoms with Gasteiger partial charge in [-0.2, -0.15) is 9.78 Å². The third-order valence-corrected chi connectivity index (χ3v) is 8.18. The third-order valence-electron chi connectivity index (χ3n) is 6.95. The van der Waals surface area contributed by atoms with Crippen LogP contribution in [0.25, 0.3) is 22.3 Å². The van der Waals surface area contributed by atoms with Gasteiger partial charge in [-0.15, -0.1) is 0 Å². The molecule has 0 fully saturated rings. The lowest BCUT2D eigenvalue weighted by molar-refractivity contribution is 0.304. The third kappa shape index (κ3) is 6.64. The maximum absolute atomic E-state index is 13.8. The quantitative estimate of drug-likeness (QED) is 0.146. The Kier molecular flexibility index (Phi) is 9.55. The predicted molar refractivity (Wildman–Crippen MR) is 179 cm³/mol. The van der Waals surface area contributed by atoms with E-state index in [1.807, 2.05) is 74.5 Å². The molecule has 5 aromatic rings. The summed E-state index contributed by atoms with van der Waals surface area (Å²) < 4.78 is 13.9. The highest BCUT2D eigenvalue weighted by Crippen LogP contribution is 2.36. The average molecular weight is 679 g/mol. The zero-order valence-electron chi connectivity index (χ0n) is 24.2. The first kappa shape index (κ1) is 30.8. The van der Waals surface area contributed by atoms with Crippen LogP contribution in [0.1, 0.15) is 48.9 Å². The molecule has 0 unspecified atom stereocenters. The number of aromatic nitrogens is 2. The summed E-state index contributed by atoms with van der Waals surface area (Å²) in [6.07, 6.45) is 1.59. The summed E-state index contributed by atoms with van der Waals surface area (Å²) in [5.41, 5.74) is 4.58. The molecule has 0 aliphatic carbocycles. The Morgan fingerprint density at radius 2 is 1.74 bits per heavy atom. The Bertz CT molecular complexity index is 1880. The Hall–Kier alpha value is -3.65. The van der Waals surface area contributed by atoms with Crippen molar-refractivity contribution in [3.8, 4) is 22.9 Å². The Morgan fingerprint density at radius 3 is 2.47 bits per heavy atom. The molecule has 6 nitrogen and oxygen atoms in total. The van der Waals surface area contributed by atoms with E-state index in [0.29, 0.717) is 49.2 Å². The van der Waals surface area contributed by atoms with Gasteiger partial charge >= 0.3 is 0 Å². The number of benzene rings is 4. The first-order valence-corrected chi connectivity index (χ1v) is 15.4. The van der Waals surface area contributed by atoms with E-state index in [0.717, 1.165) is 28.0 Å². The van der Waals surface area contributed by atoms with E-state index < -0.39 is 0 Å². The molecule has 5 rings (SSSR count). The van der Waals surface area contributed by atoms with Crippen molar-refractivity contribution < 1.29 is 9.47 Å². The van der Waals surface area contributed by atoms with Gasteiger partial charge in [0.1, 0.15) is 12.4 Å². The number of aryl methyl sites for hydroxylation is 1. The van der Waals surface area contributed by atoms with Gasteiger partial charge in [-0.05, 0) is 94.9 Å². The number of para-hydroxylation sites is 1. The van der Waals surface area contributed by atoms with Gasteiger partial charge in [-0.1, -0.05) is 67.4 Å². The minimum absolute atomic E-state index is 0.197. The fourth-order valence-corrected chi connectivity index (χ4v) is 5.94. The van der Waals surface area contributed by atoms with E-state index in [2.05, 4.69) is 34.9 Å². The van der Waals surface area contributed by atoms with Gasteiger partial charge < -0.3 is 9.47 Å². The second-order valence-electron chi connectivity index (χ2n) is 10.3. The van der Waals surface area contributed by atoms with Gasteiger partial charge in [-0.25, -0.2) is 4.98 Å². The summed E-state index contributed by atoms with van der Waals surface area (Å²) in [5, 5.41) is 6.12. The van der Waals surface area contributed by atoms with E-state index >= 15 is 0 Å². The van der Waals surface area contributed by atoms with Crippen molar-refractivity contribution in [3.05, 3.63) is 120 Å². The lowest BCUT2D eigenvalue weighted by Crippen LogP contribution is -2.21. The normalized spacial score (nSPS) is 11.5. The molecule has 0 radical (unpaired) electrons. The molecular formula is C34H30BrCl2N3O3. The molecule has 1 heterocycles. The summed E-state index contributed by atoms with van der Waals surface area (Å²) in [5.74, 6) is 1.94. The van der Waals surface area contributed by atoms with Gasteiger partial charge in [0.25, 0.3) is 5.56 Å². The van der Waals surface area contributed by atoms with Crippen molar-refractivity contribution in [3.63, 3.8) is 0 Å². The van der Waals surface area contributed by atoms with Gasteiger partial charge in [0, 0.05) is 16.1 Å². The standard InChI is InChI=1S/C34H30BrCl2N3O3/c1-5-42-31-14-21(4)26(17-25(31)20(2)3)33-39-30-13-9-7-11-24(30)34(41)40(33)38-18-22-15-27(35)32(29(37)16-22)43-19-23-10-6-8-12-28(23)36/h6-18,20H,5,19H2,1-4H3. The number of ether oxygens (including phenoxy) is 2. The summed E-state index contributed by atoms with van der Waals surface area (Å²) in [6.45, 7) is 8.98. The number of rotatable bonds is 9. The largest absolute Gasteiger partial charge is 0.494 e. The van der Waals surface area contributed by atoms with Crippen LogP contribution in [-0.2, 0) is 6.61 Å². The zero-order chi connectivity index (χ0) is 30.7. The van der Waals surface area contributed by atoms with E-state index in [-0.39, 0.29) is 18.1 Å². The van der Waals surface area contributed by atoms with E-state index in [1.165, 1.54) is 4.68 Å². The summed E-state index contributed by atoms with van der Waals surface area (Å²) in [7, 11) is 0. The number of nitrogens with zero attached hydrogens (tertiary/aromatic N) is 3. The molecule has 4 aromatic carbocycles. The maximum atomic E-state index is 13.8. The van der Waals surface area contributed by atoms with E-state index in [4.69, 9.17) is 37.7 Å². The molecule has 1 aromatic heterocycles. The van der Waals surface area contributed by atoms with Crippen LogP contribution < -0.4 is 15.0 Å². The minimum atomic E-state index is -0.277. The molecule has 43 heavy (non-hydrogen) atoms. The van der Waals surface area contributed by atoms with Crippen LogP contribution in [0.3, 0.4) is 0 Å². The predicted octanol–water partition coefficient (Wildman–Crippen LogP) is 9.42. The number of hydrogen-bond donors (Lipinski definition) is 0. The molecule has 0 amide bonds. The molecule has 0 saturated heterocycles. The zero-order valence-corrected chi connectivity index (χ0v) is 27.3. The molecule has 0 saturated carbocycles. The molecule has 0 aliphatic heterocycles. The van der Waals surface area contributed by atoms with E-state index in [1.54, 1.807) is 18.3 Å². The van der Waals surface area contributed by atoms with Crippen LogP contribution in [0.2, 0.25) is 10.0 Å². The van der Waals surface area contributed by atoms with Crippen LogP contribution in [-0.4, -0.2) is 22.5 Å². The smallest absolute Gasteiger partial charge is 0.282 e. The lowest BCUT2D eigenvalue weighted by atomic mass is 9.96. The highest BCUT2D eigenvalue weighted by atomic mass is 79.9. The Morgan fingerprint density at radius 1 is 1.00 bits per heavy atom. The first-order valence-electron chi connectivity index (χ1n) is 13.9. The second kappa shape index (κ2) is 13.3. The summed E-state index contributed by atoms with van der Waals surface area (Å²) in [6, 6.07) is 22.4. The first-order chi connectivity index (χ1) is 20.7. The van der Waals surface area contributed by atoms with Crippen molar-refractivity contribution in [2.75, 3.05) is 6.61 Å². The molecule has 9 heteroatoms. The molecule has 0 spiro atoms. The monoisotopic (exact) mass is 677 g/mol. The van der Waals surface area contributed by atoms with Crippen molar-refractivity contribution in [1.29, 1.82) is 0 Å². The van der Waals surface area contributed by atoms with Crippen molar-refractivity contribution >= 4 is 56.2 Å². The Labute approximate surface area is 269 Å². The van der Waals surface area contributed by atoms with Crippen LogP contribution in [0.5, 0.6) is 11.5 Å². The van der Waals surface area contributed by atoms with Crippen molar-refractivity contribution in [2.45, 2.75) is 40.2 Å². The average Bonchev–Trinajstić information content (AvgIpc) is 2.97. The van der Waals surface area contributed by atoms with Crippen LogP contribution >= 0.6 is 39.1 Å². The topological polar surface area (TPSA) is 65.7 Å². The molecule has 0 bridgehead atoms. The lowest BCUT2D eigenvalue weighted by Gasteiger charge is -2.18. The molecular weight excluding hydrogens is 649 g/mol. The van der Waals surface area contributed by atoms with Crippen LogP contribution in [0.4, 0.5) is 0 Å². The highest BCUT2D eigenvalue weighted by Gasteiger charge is 2.19. The molecule has 0 N–H and O–H groups in total. The van der Waals surface area contributed by atoms with Gasteiger partial charge in [0.2, 0.25) is 0 Å². The molecule has 220 valence electrons. The second-order valence-corrected chi connectivity index (χ2v) is 12.0. The van der Waals surface area contributed by atoms with Crippen molar-refractivity contribution in [1.82, 2.24) is 9.66 Å². The van der Waals surface area contributed by atoms with Gasteiger partial charge in [-0.3, -0.25) is 4.79 Å². The summed E-state index contributed by atoms with van der Waals surface area (Å²) >= 11 is 16.5. The summed E-state index contributed by atoms with van der Waals surface area (Å²) in [4.78, 5) is 18.7. The Balaban J connectivity index is 1.57. The number of fused-ring (bicyclic) bond motifs is 1. The molecule has 0 atom stereocenters. The van der Waals surface area contributed by atoms with Gasteiger partial charge in [0.15, 0.2) is 11.6 Å². The maximum Gasteiger partial charge on any atom is 0.282 e. The van der Waals surface area contributed by atoms with E-state index in [9.17, 15) is 4.79 Å². The highest BCUT2D eigenvalue weighted by molar-refractivity contribution is 9.10. The van der Waals surface area contributed by atoms with Crippen LogP contribution in [0, 0.1) is 6.92 Å². The fraction of sp³-hybridized carbons (Fsp3) is 0.206. The number of halogens is 3. The molecule has 0 aliphatic rings. The fourth-order valence-electron chi connectivity index (χ4n) is 4.76. The van der Waals surface area contributed by atoms with Crippen molar-refractivity contribution in [2.24, 2.45) is 5.10 Å². The SMILES string of the molecule is CCOc1cc(C)c(-c2nc3ccccc3c(=O)n2N=Cc2cc(Cl)c(OCc3ccccc3Cl)c(Br)c2)cc1C(C)C. The van der Waals surface area contributed by atoms with Crippen LogP contribution in [0.15, 0.2) is 87.2 Å².